The monoisotopic (exact) mass is 515 g/mol. The first kappa shape index (κ1) is 25.9. The molecule has 36 heavy (non-hydrogen) atoms. The van der Waals surface area contributed by atoms with Crippen molar-refractivity contribution >= 4 is 34.5 Å². The number of amides is 1. The summed E-state index contributed by atoms with van der Waals surface area (Å²) in [6.07, 6.45) is -0.396. The topological polar surface area (TPSA) is 80.6 Å². The fourth-order valence-corrected chi connectivity index (χ4v) is 4.60. The van der Waals surface area contributed by atoms with Crippen LogP contribution >= 0.6 is 11.6 Å². The van der Waals surface area contributed by atoms with Crippen LogP contribution in [0.5, 0.6) is 0 Å². The van der Waals surface area contributed by atoms with Crippen LogP contribution in [0.3, 0.4) is 0 Å². The Morgan fingerprint density at radius 2 is 1.89 bits per heavy atom. The summed E-state index contributed by atoms with van der Waals surface area (Å²) in [5.41, 5.74) is 0.638. The summed E-state index contributed by atoms with van der Waals surface area (Å²) in [5, 5.41) is 0.0465. The maximum absolute atomic E-state index is 14.7. The zero-order chi connectivity index (χ0) is 26.4. The number of carbonyl (C=O) groups excluding carboxylic acids is 1. The zero-order valence-electron chi connectivity index (χ0n) is 21.4. The summed E-state index contributed by atoms with van der Waals surface area (Å²) < 4.78 is 21.6. The highest BCUT2D eigenvalue weighted by molar-refractivity contribution is 6.30. The van der Waals surface area contributed by atoms with Crippen LogP contribution in [0.2, 0.25) is 5.15 Å². The molecule has 0 aliphatic carbocycles. The first-order valence-corrected chi connectivity index (χ1v) is 12.4. The molecule has 3 heterocycles. The highest BCUT2D eigenvalue weighted by atomic mass is 35.5. The van der Waals surface area contributed by atoms with E-state index in [0.29, 0.717) is 36.5 Å². The Kier molecular flexibility index (Phi) is 6.96. The first-order valence-electron chi connectivity index (χ1n) is 12.0. The highest BCUT2D eigenvalue weighted by Gasteiger charge is 2.32. The van der Waals surface area contributed by atoms with E-state index in [1.807, 2.05) is 70.7 Å². The van der Waals surface area contributed by atoms with Crippen molar-refractivity contribution in [2.45, 2.75) is 59.1 Å². The lowest BCUT2D eigenvalue weighted by molar-refractivity contribution is 0.0218. The molecule has 2 aromatic heterocycles. The molecule has 4 rings (SSSR count). The van der Waals surface area contributed by atoms with Crippen molar-refractivity contribution in [3.63, 3.8) is 0 Å². The van der Waals surface area contributed by atoms with Crippen LogP contribution in [0.15, 0.2) is 35.1 Å². The largest absolute Gasteiger partial charge is 0.444 e. The SMILES string of the molecule is CC(C)c1ccccc1-n1c(=O)nc(N2CCN(C(=O)OC(C)(C)C)C[C@@H]2C)c2cc(F)c(Cl)nc21. The fraction of sp³-hybridized carbons (Fsp3) is 0.462. The predicted octanol–water partition coefficient (Wildman–Crippen LogP) is 5.14. The van der Waals surface area contributed by atoms with Gasteiger partial charge in [-0.05, 0) is 51.3 Å². The minimum atomic E-state index is -0.699. The molecular formula is C26H31ClFN5O3. The van der Waals surface area contributed by atoms with Gasteiger partial charge in [0.2, 0.25) is 0 Å². The Morgan fingerprint density at radius 3 is 2.53 bits per heavy atom. The number of piperazine rings is 1. The van der Waals surface area contributed by atoms with Crippen LogP contribution in [0, 0.1) is 5.82 Å². The summed E-state index contributed by atoms with van der Waals surface area (Å²) in [6, 6.07) is 8.55. The van der Waals surface area contributed by atoms with Gasteiger partial charge in [-0.15, -0.1) is 0 Å². The van der Waals surface area contributed by atoms with Crippen LogP contribution < -0.4 is 10.6 Å². The maximum Gasteiger partial charge on any atom is 0.410 e. The lowest BCUT2D eigenvalue weighted by Gasteiger charge is -2.41. The van der Waals surface area contributed by atoms with E-state index in [-0.39, 0.29) is 22.8 Å². The van der Waals surface area contributed by atoms with Crippen molar-refractivity contribution in [3.8, 4) is 5.69 Å². The number of anilines is 1. The minimum Gasteiger partial charge on any atom is -0.444 e. The molecular weight excluding hydrogens is 485 g/mol. The molecule has 10 heteroatoms. The van der Waals surface area contributed by atoms with Gasteiger partial charge in [-0.25, -0.2) is 23.5 Å². The quantitative estimate of drug-likeness (QED) is 0.449. The fourth-order valence-electron chi connectivity index (χ4n) is 4.46. The maximum atomic E-state index is 14.7. The van der Waals surface area contributed by atoms with Gasteiger partial charge < -0.3 is 14.5 Å². The van der Waals surface area contributed by atoms with E-state index in [1.54, 1.807) is 4.90 Å². The standard InChI is InChI=1S/C26H31ClFN5O3/c1-15(2)17-9-7-8-10-20(17)33-23-18(13-19(28)21(27)29-23)22(30-24(33)34)32-12-11-31(14-16(32)3)25(35)36-26(4,5)6/h7-10,13,15-16H,11-12,14H2,1-6H3/t16-/m0/s1. The predicted molar refractivity (Wildman–Crippen MR) is 139 cm³/mol. The summed E-state index contributed by atoms with van der Waals surface area (Å²) >= 11 is 6.08. The Morgan fingerprint density at radius 1 is 1.19 bits per heavy atom. The molecule has 1 saturated heterocycles. The van der Waals surface area contributed by atoms with Gasteiger partial charge in [-0.3, -0.25) is 0 Å². The van der Waals surface area contributed by atoms with Gasteiger partial charge in [-0.1, -0.05) is 43.6 Å². The molecule has 3 aromatic rings. The lowest BCUT2D eigenvalue weighted by Crippen LogP contribution is -2.55. The van der Waals surface area contributed by atoms with Crippen LogP contribution in [-0.4, -0.2) is 56.8 Å². The molecule has 0 N–H and O–H groups in total. The van der Waals surface area contributed by atoms with Crippen LogP contribution in [0.25, 0.3) is 16.7 Å². The highest BCUT2D eigenvalue weighted by Crippen LogP contribution is 2.31. The van der Waals surface area contributed by atoms with E-state index in [9.17, 15) is 14.0 Å². The molecule has 1 aromatic carbocycles. The number of benzene rings is 1. The second-order valence-corrected chi connectivity index (χ2v) is 10.7. The van der Waals surface area contributed by atoms with Crippen molar-refractivity contribution in [2.75, 3.05) is 24.5 Å². The zero-order valence-corrected chi connectivity index (χ0v) is 22.1. The number of para-hydroxylation sites is 1. The Bertz CT molecular complexity index is 1370. The summed E-state index contributed by atoms with van der Waals surface area (Å²) in [5.74, 6) is -0.262. The first-order chi connectivity index (χ1) is 16.9. The molecule has 1 aliphatic heterocycles. The van der Waals surface area contributed by atoms with Gasteiger partial charge in [0.05, 0.1) is 11.1 Å². The number of aromatic nitrogens is 3. The van der Waals surface area contributed by atoms with Gasteiger partial charge in [0, 0.05) is 25.7 Å². The van der Waals surface area contributed by atoms with Crippen molar-refractivity contribution in [3.05, 3.63) is 57.3 Å². The molecule has 0 unspecified atom stereocenters. The lowest BCUT2D eigenvalue weighted by atomic mass is 10.0. The molecule has 0 radical (unpaired) electrons. The number of ether oxygens (including phenoxy) is 1. The third-order valence-corrected chi connectivity index (χ3v) is 6.37. The van der Waals surface area contributed by atoms with E-state index >= 15 is 0 Å². The van der Waals surface area contributed by atoms with E-state index in [4.69, 9.17) is 16.3 Å². The van der Waals surface area contributed by atoms with Crippen molar-refractivity contribution in [1.82, 2.24) is 19.4 Å². The van der Waals surface area contributed by atoms with Crippen LogP contribution in [0.1, 0.15) is 53.0 Å². The van der Waals surface area contributed by atoms with Gasteiger partial charge in [0.1, 0.15) is 11.4 Å². The number of rotatable bonds is 3. The second kappa shape index (κ2) is 9.69. The van der Waals surface area contributed by atoms with Crippen molar-refractivity contribution in [1.29, 1.82) is 0 Å². The number of fused-ring (bicyclic) bond motifs is 1. The number of hydrogen-bond acceptors (Lipinski definition) is 6. The number of halogens is 2. The van der Waals surface area contributed by atoms with E-state index in [1.165, 1.54) is 10.6 Å². The van der Waals surface area contributed by atoms with Gasteiger partial charge in [0.25, 0.3) is 0 Å². The van der Waals surface area contributed by atoms with Gasteiger partial charge >= 0.3 is 11.8 Å². The molecule has 192 valence electrons. The Hall–Kier alpha value is -3.20. The third-order valence-electron chi connectivity index (χ3n) is 6.11. The molecule has 0 spiro atoms. The molecule has 1 fully saturated rings. The number of nitrogens with zero attached hydrogens (tertiary/aromatic N) is 5. The second-order valence-electron chi connectivity index (χ2n) is 10.4. The minimum absolute atomic E-state index is 0.125. The van der Waals surface area contributed by atoms with E-state index in [0.717, 1.165) is 5.56 Å². The molecule has 8 nitrogen and oxygen atoms in total. The molecule has 1 atom stereocenters. The number of pyridine rings is 1. The van der Waals surface area contributed by atoms with Crippen LogP contribution in [0.4, 0.5) is 15.0 Å². The average Bonchev–Trinajstić information content (AvgIpc) is 2.79. The number of hydrogen-bond donors (Lipinski definition) is 0. The van der Waals surface area contributed by atoms with Gasteiger partial charge in [-0.2, -0.15) is 4.98 Å². The van der Waals surface area contributed by atoms with E-state index < -0.39 is 23.2 Å². The van der Waals surface area contributed by atoms with Gasteiger partial charge in [0.15, 0.2) is 16.6 Å². The van der Waals surface area contributed by atoms with E-state index in [2.05, 4.69) is 9.97 Å². The molecule has 1 amide bonds. The molecule has 1 aliphatic rings. The average molecular weight is 516 g/mol. The molecule has 0 bridgehead atoms. The van der Waals surface area contributed by atoms with Crippen molar-refractivity contribution in [2.24, 2.45) is 0 Å². The van der Waals surface area contributed by atoms with Crippen molar-refractivity contribution < 1.29 is 13.9 Å². The summed E-state index contributed by atoms with van der Waals surface area (Å²) in [4.78, 5) is 38.3. The Balaban J connectivity index is 1.81. The third kappa shape index (κ3) is 5.02. The number of carbonyl (C=O) groups is 1. The molecule has 0 saturated carbocycles. The normalized spacial score (nSPS) is 16.6. The summed E-state index contributed by atoms with van der Waals surface area (Å²) in [7, 11) is 0. The Labute approximate surface area is 214 Å². The summed E-state index contributed by atoms with van der Waals surface area (Å²) in [6.45, 7) is 12.5. The van der Waals surface area contributed by atoms with Crippen LogP contribution in [-0.2, 0) is 4.74 Å². The smallest absolute Gasteiger partial charge is 0.410 e.